The smallest absolute Gasteiger partial charge is 0.293 e. The largest absolute Gasteiger partial charge is 0.366 e. The molecule has 1 saturated heterocycles. The molecular formula is C21H26N4O5S. The normalized spacial score (nSPS) is 16.9. The van der Waals surface area contributed by atoms with Gasteiger partial charge in [0.15, 0.2) is 0 Å². The van der Waals surface area contributed by atoms with Crippen LogP contribution in [0.15, 0.2) is 47.4 Å². The Morgan fingerprint density at radius 1 is 1.23 bits per heavy atom. The number of benzene rings is 2. The first-order valence-corrected chi connectivity index (χ1v) is 11.4. The van der Waals surface area contributed by atoms with Gasteiger partial charge < -0.3 is 10.2 Å². The number of nitro benzene ring substituents is 1. The standard InChI is InChI=1S/C21H26N4O5S/c1-15-6-5-11-24(14-15)19-10-9-16(12-20(19)25(27)28)21(26)22-17-7-4-8-18(13-17)31(29,30)23(2)3/h4,7-10,12-13,15H,5-6,11,14H2,1-3H3,(H,22,26)/t15-/m0/s1. The molecule has 1 atom stereocenters. The van der Waals surface area contributed by atoms with Gasteiger partial charge in [-0.25, -0.2) is 12.7 Å². The summed E-state index contributed by atoms with van der Waals surface area (Å²) in [6.45, 7) is 3.59. The van der Waals surface area contributed by atoms with E-state index in [1.807, 2.05) is 4.90 Å². The predicted octanol–water partition coefficient (Wildman–Crippen LogP) is 3.33. The predicted molar refractivity (Wildman–Crippen MR) is 119 cm³/mol. The van der Waals surface area contributed by atoms with Gasteiger partial charge in [0.25, 0.3) is 11.6 Å². The first kappa shape index (κ1) is 22.7. The molecule has 0 unspecified atom stereocenters. The number of carbonyl (C=O) groups is 1. The summed E-state index contributed by atoms with van der Waals surface area (Å²) in [6.07, 6.45) is 2.06. The maximum Gasteiger partial charge on any atom is 0.293 e. The van der Waals surface area contributed by atoms with Gasteiger partial charge in [0.2, 0.25) is 10.0 Å². The molecule has 166 valence electrons. The lowest BCUT2D eigenvalue weighted by Crippen LogP contribution is -2.34. The highest BCUT2D eigenvalue weighted by molar-refractivity contribution is 7.89. The van der Waals surface area contributed by atoms with Crippen molar-refractivity contribution < 1.29 is 18.1 Å². The number of piperidine rings is 1. The quantitative estimate of drug-likeness (QED) is 0.538. The van der Waals surface area contributed by atoms with E-state index >= 15 is 0 Å². The number of hydrogen-bond acceptors (Lipinski definition) is 6. The third kappa shape index (κ3) is 5.02. The molecule has 1 amide bonds. The van der Waals surface area contributed by atoms with Crippen molar-refractivity contribution in [1.82, 2.24) is 4.31 Å². The van der Waals surface area contributed by atoms with Crippen LogP contribution in [-0.4, -0.2) is 50.7 Å². The molecule has 1 heterocycles. The number of sulfonamides is 1. The van der Waals surface area contributed by atoms with Crippen molar-refractivity contribution in [2.75, 3.05) is 37.4 Å². The third-order valence-electron chi connectivity index (χ3n) is 5.30. The summed E-state index contributed by atoms with van der Waals surface area (Å²) < 4.78 is 25.7. The molecule has 2 aromatic rings. The van der Waals surface area contributed by atoms with Gasteiger partial charge in [0.1, 0.15) is 5.69 Å². The first-order chi connectivity index (χ1) is 14.6. The van der Waals surface area contributed by atoms with Crippen molar-refractivity contribution in [1.29, 1.82) is 0 Å². The Morgan fingerprint density at radius 3 is 2.61 bits per heavy atom. The molecule has 1 aliphatic rings. The van der Waals surface area contributed by atoms with Crippen LogP contribution in [0.25, 0.3) is 0 Å². The highest BCUT2D eigenvalue weighted by atomic mass is 32.2. The third-order valence-corrected chi connectivity index (χ3v) is 7.11. The lowest BCUT2D eigenvalue weighted by Gasteiger charge is -2.32. The lowest BCUT2D eigenvalue weighted by molar-refractivity contribution is -0.384. The van der Waals surface area contributed by atoms with Gasteiger partial charge in [-0.15, -0.1) is 0 Å². The van der Waals surface area contributed by atoms with Gasteiger partial charge in [0, 0.05) is 44.5 Å². The van der Waals surface area contributed by atoms with Gasteiger partial charge in [-0.3, -0.25) is 14.9 Å². The molecule has 0 aliphatic carbocycles. The molecule has 1 N–H and O–H groups in total. The van der Waals surface area contributed by atoms with Crippen molar-refractivity contribution in [3.8, 4) is 0 Å². The van der Waals surface area contributed by atoms with Crippen LogP contribution in [0, 0.1) is 16.0 Å². The van der Waals surface area contributed by atoms with E-state index in [-0.39, 0.29) is 21.8 Å². The van der Waals surface area contributed by atoms with Crippen LogP contribution in [0.5, 0.6) is 0 Å². The minimum atomic E-state index is -3.65. The Kier molecular flexibility index (Phi) is 6.61. The molecule has 1 aliphatic heterocycles. The van der Waals surface area contributed by atoms with E-state index in [2.05, 4.69) is 12.2 Å². The van der Waals surface area contributed by atoms with E-state index in [9.17, 15) is 23.3 Å². The van der Waals surface area contributed by atoms with E-state index in [4.69, 9.17) is 0 Å². The number of amides is 1. The van der Waals surface area contributed by atoms with Gasteiger partial charge in [-0.05, 0) is 49.1 Å². The average Bonchev–Trinajstić information content (AvgIpc) is 2.73. The molecule has 2 aromatic carbocycles. The van der Waals surface area contributed by atoms with Crippen LogP contribution in [0.2, 0.25) is 0 Å². The highest BCUT2D eigenvalue weighted by Crippen LogP contribution is 2.32. The maximum absolute atomic E-state index is 12.7. The maximum atomic E-state index is 12.7. The van der Waals surface area contributed by atoms with Gasteiger partial charge in [0.05, 0.1) is 9.82 Å². The van der Waals surface area contributed by atoms with E-state index in [1.54, 1.807) is 18.2 Å². The highest BCUT2D eigenvalue weighted by Gasteiger charge is 2.25. The Hall–Kier alpha value is -2.98. The Bertz CT molecular complexity index is 1100. The molecule has 0 bridgehead atoms. The van der Waals surface area contributed by atoms with Crippen molar-refractivity contribution in [2.24, 2.45) is 5.92 Å². The molecule has 0 spiro atoms. The Balaban J connectivity index is 1.86. The second-order valence-electron chi connectivity index (χ2n) is 7.92. The van der Waals surface area contributed by atoms with Crippen LogP contribution in [0.3, 0.4) is 0 Å². The Morgan fingerprint density at radius 2 is 1.97 bits per heavy atom. The minimum absolute atomic E-state index is 0.0378. The second-order valence-corrected chi connectivity index (χ2v) is 10.1. The zero-order valence-corrected chi connectivity index (χ0v) is 18.6. The number of nitrogens with zero attached hydrogens (tertiary/aromatic N) is 3. The molecule has 31 heavy (non-hydrogen) atoms. The number of carbonyl (C=O) groups excluding carboxylic acids is 1. The SMILES string of the molecule is C[C@H]1CCCN(c2ccc(C(=O)Nc3cccc(S(=O)(=O)N(C)C)c3)cc2[N+](=O)[O-])C1. The van der Waals surface area contributed by atoms with E-state index in [0.717, 1.165) is 30.2 Å². The zero-order chi connectivity index (χ0) is 22.8. The van der Waals surface area contributed by atoms with Crippen molar-refractivity contribution >= 4 is 33.0 Å². The van der Waals surface area contributed by atoms with E-state index < -0.39 is 20.9 Å². The summed E-state index contributed by atoms with van der Waals surface area (Å²) in [4.78, 5) is 25.9. The van der Waals surface area contributed by atoms with Gasteiger partial charge >= 0.3 is 0 Å². The molecule has 0 saturated carbocycles. The number of nitro groups is 1. The van der Waals surface area contributed by atoms with Crippen LogP contribution >= 0.6 is 0 Å². The minimum Gasteiger partial charge on any atom is -0.366 e. The van der Waals surface area contributed by atoms with Crippen molar-refractivity contribution in [2.45, 2.75) is 24.7 Å². The fourth-order valence-electron chi connectivity index (χ4n) is 3.63. The molecule has 3 rings (SSSR count). The summed E-state index contributed by atoms with van der Waals surface area (Å²) in [5.74, 6) is -0.108. The van der Waals surface area contributed by atoms with Gasteiger partial charge in [-0.2, -0.15) is 0 Å². The summed E-state index contributed by atoms with van der Waals surface area (Å²) >= 11 is 0. The van der Waals surface area contributed by atoms with Crippen LogP contribution in [0.1, 0.15) is 30.1 Å². The zero-order valence-electron chi connectivity index (χ0n) is 17.7. The summed E-state index contributed by atoms with van der Waals surface area (Å²) in [5, 5.41) is 14.3. The summed E-state index contributed by atoms with van der Waals surface area (Å²) in [6, 6.07) is 10.3. The first-order valence-electron chi connectivity index (χ1n) is 9.97. The number of anilines is 2. The molecule has 0 radical (unpaired) electrons. The fourth-order valence-corrected chi connectivity index (χ4v) is 4.58. The number of hydrogen-bond donors (Lipinski definition) is 1. The topological polar surface area (TPSA) is 113 Å². The molecule has 9 nitrogen and oxygen atoms in total. The Labute approximate surface area is 181 Å². The molecule has 1 fully saturated rings. The second kappa shape index (κ2) is 9.03. The van der Waals surface area contributed by atoms with Crippen molar-refractivity contribution in [3.63, 3.8) is 0 Å². The monoisotopic (exact) mass is 446 g/mol. The molecule has 10 heteroatoms. The van der Waals surface area contributed by atoms with Crippen LogP contribution in [-0.2, 0) is 10.0 Å². The van der Waals surface area contributed by atoms with E-state index in [1.165, 1.54) is 38.4 Å². The number of nitrogens with one attached hydrogen (secondary N) is 1. The van der Waals surface area contributed by atoms with Gasteiger partial charge in [-0.1, -0.05) is 13.0 Å². The van der Waals surface area contributed by atoms with Crippen LogP contribution < -0.4 is 10.2 Å². The van der Waals surface area contributed by atoms with E-state index in [0.29, 0.717) is 11.6 Å². The van der Waals surface area contributed by atoms with Crippen molar-refractivity contribution in [3.05, 3.63) is 58.1 Å². The molecular weight excluding hydrogens is 420 g/mol. The number of rotatable bonds is 6. The average molecular weight is 447 g/mol. The summed E-state index contributed by atoms with van der Waals surface area (Å²) in [7, 11) is -0.811. The lowest BCUT2D eigenvalue weighted by atomic mass is 9.99. The summed E-state index contributed by atoms with van der Waals surface area (Å²) in [5.41, 5.74) is 0.795. The fraction of sp³-hybridized carbons (Fsp3) is 0.381. The molecule has 0 aromatic heterocycles. The van der Waals surface area contributed by atoms with Crippen LogP contribution in [0.4, 0.5) is 17.1 Å².